The molecular formula is C14H21N3O3S. The largest absolute Gasteiger partial charge is 0.355 e. The van der Waals surface area contributed by atoms with Crippen molar-refractivity contribution in [1.82, 2.24) is 15.2 Å². The zero-order valence-corrected chi connectivity index (χ0v) is 13.0. The fourth-order valence-corrected chi connectivity index (χ4v) is 4.23. The minimum Gasteiger partial charge on any atom is -0.355 e. The molecule has 1 aliphatic heterocycles. The van der Waals surface area contributed by atoms with Gasteiger partial charge in [-0.3, -0.25) is 14.7 Å². The second-order valence-corrected chi connectivity index (χ2v) is 7.66. The summed E-state index contributed by atoms with van der Waals surface area (Å²) in [6, 6.07) is 3.79. The molecule has 1 atom stereocenters. The number of nitrogens with one attached hydrogen (secondary N) is 1. The highest BCUT2D eigenvalue weighted by Crippen LogP contribution is 2.15. The number of rotatable bonds is 6. The lowest BCUT2D eigenvalue weighted by Crippen LogP contribution is -2.41. The maximum absolute atomic E-state index is 11.8. The molecule has 1 aliphatic rings. The highest BCUT2D eigenvalue weighted by Gasteiger charge is 2.31. The second-order valence-electron chi connectivity index (χ2n) is 5.43. The summed E-state index contributed by atoms with van der Waals surface area (Å²) in [5.74, 6) is 0.308. The maximum Gasteiger partial charge on any atom is 0.234 e. The number of hydrogen-bond donors (Lipinski definition) is 1. The lowest BCUT2D eigenvalue weighted by molar-refractivity contribution is -0.122. The van der Waals surface area contributed by atoms with E-state index in [-0.39, 0.29) is 30.0 Å². The average Bonchev–Trinajstić information content (AvgIpc) is 2.80. The number of likely N-dealkylation sites (N-methyl/N-ethyl adjacent to an activating group) is 1. The van der Waals surface area contributed by atoms with E-state index in [1.165, 1.54) is 0 Å². The molecule has 1 saturated heterocycles. The van der Waals surface area contributed by atoms with Gasteiger partial charge in [-0.25, -0.2) is 8.42 Å². The number of pyridine rings is 1. The van der Waals surface area contributed by atoms with Crippen molar-refractivity contribution in [3.63, 3.8) is 0 Å². The molecule has 2 heterocycles. The van der Waals surface area contributed by atoms with E-state index in [9.17, 15) is 13.2 Å². The third kappa shape index (κ3) is 5.09. The summed E-state index contributed by atoms with van der Waals surface area (Å²) in [5, 5.41) is 2.85. The number of aromatic nitrogens is 1. The van der Waals surface area contributed by atoms with Crippen molar-refractivity contribution in [2.75, 3.05) is 31.6 Å². The highest BCUT2D eigenvalue weighted by atomic mass is 32.2. The molecule has 1 N–H and O–H groups in total. The first-order chi connectivity index (χ1) is 9.96. The molecule has 1 aromatic rings. The third-order valence-electron chi connectivity index (χ3n) is 3.68. The molecule has 0 spiro atoms. The molecule has 1 fully saturated rings. The van der Waals surface area contributed by atoms with Crippen molar-refractivity contribution in [1.29, 1.82) is 0 Å². The van der Waals surface area contributed by atoms with E-state index in [0.29, 0.717) is 13.0 Å². The predicted molar refractivity (Wildman–Crippen MR) is 80.6 cm³/mol. The first kappa shape index (κ1) is 15.9. The lowest BCUT2D eigenvalue weighted by atomic mass is 10.2. The molecule has 2 rings (SSSR count). The smallest absolute Gasteiger partial charge is 0.234 e. The van der Waals surface area contributed by atoms with Crippen LogP contribution >= 0.6 is 0 Å². The van der Waals surface area contributed by atoms with E-state index in [2.05, 4.69) is 10.3 Å². The SMILES string of the molecule is CN(CC(=O)NCCc1cccnc1)[C@@H]1CCS(=O)(=O)C1. The summed E-state index contributed by atoms with van der Waals surface area (Å²) in [5.41, 5.74) is 1.08. The number of amides is 1. The van der Waals surface area contributed by atoms with Gasteiger partial charge in [0.15, 0.2) is 9.84 Å². The molecule has 0 aromatic carbocycles. The van der Waals surface area contributed by atoms with Gasteiger partial charge in [0.1, 0.15) is 0 Å². The Morgan fingerprint density at radius 2 is 2.33 bits per heavy atom. The molecule has 1 amide bonds. The van der Waals surface area contributed by atoms with Crippen LogP contribution in [-0.4, -0.2) is 61.9 Å². The summed E-state index contributed by atoms with van der Waals surface area (Å²) in [4.78, 5) is 17.7. The van der Waals surface area contributed by atoms with Gasteiger partial charge in [0, 0.05) is 25.0 Å². The minimum atomic E-state index is -2.91. The van der Waals surface area contributed by atoms with Crippen LogP contribution < -0.4 is 5.32 Å². The van der Waals surface area contributed by atoms with Gasteiger partial charge in [-0.05, 0) is 31.5 Å². The molecule has 1 aromatic heterocycles. The average molecular weight is 311 g/mol. The van der Waals surface area contributed by atoms with E-state index >= 15 is 0 Å². The van der Waals surface area contributed by atoms with Gasteiger partial charge < -0.3 is 5.32 Å². The molecular weight excluding hydrogens is 290 g/mol. The van der Waals surface area contributed by atoms with Crippen LogP contribution in [0, 0.1) is 0 Å². The fourth-order valence-electron chi connectivity index (χ4n) is 2.43. The van der Waals surface area contributed by atoms with Gasteiger partial charge in [0.05, 0.1) is 18.1 Å². The Morgan fingerprint density at radius 3 is 2.95 bits per heavy atom. The summed E-state index contributed by atoms with van der Waals surface area (Å²) < 4.78 is 22.9. The third-order valence-corrected chi connectivity index (χ3v) is 5.43. The minimum absolute atomic E-state index is 0.0425. The predicted octanol–water partition coefficient (Wildman–Crippen LogP) is -0.141. The van der Waals surface area contributed by atoms with Crippen molar-refractivity contribution in [2.24, 2.45) is 0 Å². The molecule has 0 bridgehead atoms. The van der Waals surface area contributed by atoms with Crippen molar-refractivity contribution in [3.8, 4) is 0 Å². The first-order valence-electron chi connectivity index (χ1n) is 7.02. The number of carbonyl (C=O) groups excluding carboxylic acids is 1. The Labute approximate surface area is 125 Å². The van der Waals surface area contributed by atoms with E-state index in [4.69, 9.17) is 0 Å². The molecule has 116 valence electrons. The molecule has 6 nitrogen and oxygen atoms in total. The Hall–Kier alpha value is -1.47. The van der Waals surface area contributed by atoms with Crippen LogP contribution in [0.5, 0.6) is 0 Å². The highest BCUT2D eigenvalue weighted by molar-refractivity contribution is 7.91. The van der Waals surface area contributed by atoms with Gasteiger partial charge >= 0.3 is 0 Å². The molecule has 0 unspecified atom stereocenters. The van der Waals surface area contributed by atoms with Gasteiger partial charge in [0.25, 0.3) is 0 Å². The van der Waals surface area contributed by atoms with Crippen LogP contribution in [0.3, 0.4) is 0 Å². The van der Waals surface area contributed by atoms with Crippen LogP contribution in [0.1, 0.15) is 12.0 Å². The summed E-state index contributed by atoms with van der Waals surface area (Å²) in [6.45, 7) is 0.786. The van der Waals surface area contributed by atoms with Gasteiger partial charge in [-0.15, -0.1) is 0 Å². The molecule has 0 aliphatic carbocycles. The van der Waals surface area contributed by atoms with Gasteiger partial charge in [-0.1, -0.05) is 6.07 Å². The number of carbonyl (C=O) groups is 1. The van der Waals surface area contributed by atoms with Gasteiger partial charge in [-0.2, -0.15) is 0 Å². The van der Waals surface area contributed by atoms with Crippen LogP contribution in [0.15, 0.2) is 24.5 Å². The zero-order valence-electron chi connectivity index (χ0n) is 12.2. The van der Waals surface area contributed by atoms with Crippen LogP contribution in [0.25, 0.3) is 0 Å². The maximum atomic E-state index is 11.8. The number of nitrogens with zero attached hydrogens (tertiary/aromatic N) is 2. The Balaban J connectivity index is 1.70. The summed E-state index contributed by atoms with van der Waals surface area (Å²) >= 11 is 0. The first-order valence-corrected chi connectivity index (χ1v) is 8.85. The summed E-state index contributed by atoms with van der Waals surface area (Å²) in [6.07, 6.45) is 4.84. The normalized spacial score (nSPS) is 20.6. The van der Waals surface area contributed by atoms with Gasteiger partial charge in [0.2, 0.25) is 5.91 Å². The zero-order chi connectivity index (χ0) is 15.3. The van der Waals surface area contributed by atoms with Crippen molar-refractivity contribution < 1.29 is 13.2 Å². The monoisotopic (exact) mass is 311 g/mol. The Kier molecular flexibility index (Phi) is 5.30. The standard InChI is InChI=1S/C14H21N3O3S/c1-17(13-5-8-21(19,20)11-13)10-14(18)16-7-4-12-3-2-6-15-9-12/h2-3,6,9,13H,4-5,7-8,10-11H2,1H3,(H,16,18)/t13-/m1/s1. The Bertz CT molecular complexity index is 574. The fraction of sp³-hybridized carbons (Fsp3) is 0.571. The Morgan fingerprint density at radius 1 is 1.52 bits per heavy atom. The van der Waals surface area contributed by atoms with E-state index in [1.807, 2.05) is 17.0 Å². The quantitative estimate of drug-likeness (QED) is 0.791. The number of hydrogen-bond acceptors (Lipinski definition) is 5. The molecule has 0 saturated carbocycles. The van der Waals surface area contributed by atoms with E-state index in [0.717, 1.165) is 12.0 Å². The topological polar surface area (TPSA) is 79.4 Å². The van der Waals surface area contributed by atoms with Crippen LogP contribution in [0.2, 0.25) is 0 Å². The molecule has 21 heavy (non-hydrogen) atoms. The van der Waals surface area contributed by atoms with Crippen molar-refractivity contribution in [3.05, 3.63) is 30.1 Å². The second kappa shape index (κ2) is 7.00. The van der Waals surface area contributed by atoms with Crippen molar-refractivity contribution in [2.45, 2.75) is 18.9 Å². The van der Waals surface area contributed by atoms with E-state index in [1.54, 1.807) is 19.4 Å². The van der Waals surface area contributed by atoms with E-state index < -0.39 is 9.84 Å². The number of sulfone groups is 1. The lowest BCUT2D eigenvalue weighted by Gasteiger charge is -2.22. The summed E-state index contributed by atoms with van der Waals surface area (Å²) in [7, 11) is -1.11. The molecule has 7 heteroatoms. The van der Waals surface area contributed by atoms with Crippen LogP contribution in [-0.2, 0) is 21.1 Å². The molecule has 0 radical (unpaired) electrons. The van der Waals surface area contributed by atoms with Crippen LogP contribution in [0.4, 0.5) is 0 Å². The van der Waals surface area contributed by atoms with Crippen molar-refractivity contribution >= 4 is 15.7 Å².